The Hall–Kier alpha value is -2.34. The third kappa shape index (κ3) is 38.1. The maximum atomic E-state index is 12.8. The van der Waals surface area contributed by atoms with Crippen molar-refractivity contribution in [3.8, 4) is 0 Å². The Morgan fingerprint density at radius 1 is 0.463 bits per heavy atom. The lowest BCUT2D eigenvalue weighted by atomic mass is 9.99. The molecule has 1 rings (SSSR count). The first-order valence-corrected chi connectivity index (χ1v) is 27.7. The van der Waals surface area contributed by atoms with Gasteiger partial charge in [-0.05, 0) is 77.0 Å². The van der Waals surface area contributed by atoms with Crippen molar-refractivity contribution in [3.05, 3.63) is 48.6 Å². The van der Waals surface area contributed by atoms with E-state index in [1.807, 2.05) is 0 Å². The van der Waals surface area contributed by atoms with E-state index in [0.717, 1.165) is 57.8 Å². The summed E-state index contributed by atoms with van der Waals surface area (Å²) in [6.45, 7) is 3.39. The fraction of sp³-hybridized carbons (Fsp3) is 0.825. The molecule has 0 amide bonds. The van der Waals surface area contributed by atoms with E-state index >= 15 is 0 Å². The van der Waals surface area contributed by atoms with Gasteiger partial charge in [0.15, 0.2) is 12.4 Å². The van der Waals surface area contributed by atoms with E-state index in [0.29, 0.717) is 12.8 Å². The van der Waals surface area contributed by atoms with Gasteiger partial charge in [-0.15, -0.1) is 0 Å². The molecule has 2 unspecified atom stereocenters. The number of ether oxygens (including phenoxy) is 4. The molecule has 0 bridgehead atoms. The fourth-order valence-corrected chi connectivity index (χ4v) is 8.30. The van der Waals surface area contributed by atoms with E-state index in [-0.39, 0.29) is 32.0 Å². The maximum Gasteiger partial charge on any atom is 0.306 e. The van der Waals surface area contributed by atoms with Crippen LogP contribution in [0.4, 0.5) is 0 Å². The van der Waals surface area contributed by atoms with E-state index in [9.17, 15) is 30.0 Å². The van der Waals surface area contributed by atoms with Crippen LogP contribution in [0.15, 0.2) is 48.6 Å². The lowest BCUT2D eigenvalue weighted by Gasteiger charge is -2.39. The van der Waals surface area contributed by atoms with Gasteiger partial charge in [-0.3, -0.25) is 9.59 Å². The zero-order valence-electron chi connectivity index (χ0n) is 42.9. The van der Waals surface area contributed by atoms with Crippen LogP contribution in [0, 0.1) is 0 Å². The van der Waals surface area contributed by atoms with Crippen LogP contribution in [0.5, 0.6) is 0 Å². The molecular formula is C57H102O10. The Kier molecular flexibility index (Phi) is 44.3. The highest BCUT2D eigenvalue weighted by Gasteiger charge is 2.44. The highest BCUT2D eigenvalue weighted by atomic mass is 16.7. The second-order valence-corrected chi connectivity index (χ2v) is 19.0. The predicted molar refractivity (Wildman–Crippen MR) is 275 cm³/mol. The molecular weight excluding hydrogens is 845 g/mol. The van der Waals surface area contributed by atoms with Gasteiger partial charge in [-0.2, -0.15) is 0 Å². The maximum absolute atomic E-state index is 12.8. The van der Waals surface area contributed by atoms with Crippen molar-refractivity contribution in [2.24, 2.45) is 0 Å². The first-order chi connectivity index (χ1) is 32.8. The average molecular weight is 947 g/mol. The van der Waals surface area contributed by atoms with E-state index in [4.69, 9.17) is 18.9 Å². The highest BCUT2D eigenvalue weighted by molar-refractivity contribution is 5.70. The molecule has 0 aliphatic carbocycles. The average Bonchev–Trinajstić information content (AvgIpc) is 3.33. The van der Waals surface area contributed by atoms with E-state index < -0.39 is 49.4 Å². The third-order valence-corrected chi connectivity index (χ3v) is 12.7. The minimum atomic E-state index is -1.60. The van der Waals surface area contributed by atoms with Crippen LogP contribution in [0.25, 0.3) is 0 Å². The number of unbranched alkanes of at least 4 members (excludes halogenated alkanes) is 28. The van der Waals surface area contributed by atoms with Crippen LogP contribution in [0.2, 0.25) is 0 Å². The summed E-state index contributed by atoms with van der Waals surface area (Å²) < 4.78 is 22.2. The van der Waals surface area contributed by atoms with Gasteiger partial charge >= 0.3 is 11.9 Å². The van der Waals surface area contributed by atoms with Crippen molar-refractivity contribution in [2.45, 2.75) is 282 Å². The van der Waals surface area contributed by atoms with E-state index in [1.165, 1.54) is 148 Å². The molecule has 0 radical (unpaired) electrons. The first-order valence-electron chi connectivity index (χ1n) is 27.7. The topological polar surface area (TPSA) is 152 Å². The van der Waals surface area contributed by atoms with Gasteiger partial charge < -0.3 is 39.4 Å². The number of allylic oxidation sites excluding steroid dienone is 8. The molecule has 1 heterocycles. The quantitative estimate of drug-likeness (QED) is 0.0264. The summed E-state index contributed by atoms with van der Waals surface area (Å²) in [4.78, 5) is 25.5. The zero-order chi connectivity index (χ0) is 48.7. The van der Waals surface area contributed by atoms with Crippen molar-refractivity contribution in [1.29, 1.82) is 0 Å². The molecule has 390 valence electrons. The number of rotatable bonds is 47. The van der Waals surface area contributed by atoms with Gasteiger partial charge in [-0.25, -0.2) is 0 Å². The molecule has 4 N–H and O–H groups in total. The standard InChI is InChI=1S/C57H102O10/c1-3-5-7-9-11-13-15-17-19-21-23-24-25-26-28-30-32-34-36-38-40-42-44-46-53(60)66-50(49-65-57-56(63)55(62)54(61)51(47-58)67-57)48-64-52(59)45-43-41-39-37-35-33-31-29-27-22-20-18-16-14-12-10-8-6-4-2/h12,14,18,20,30,32,38,40,50-51,54-58,61-63H,3-11,13,15-17,19,21-29,31,33-37,39,41-49H2,1-2H3/b14-12+,20-18+,32-30+,40-38+/t50-,51-,54+,55?,56?,57-/m1/s1. The van der Waals surface area contributed by atoms with Gasteiger partial charge in [0.1, 0.15) is 31.0 Å². The number of carbonyl (C=O) groups is 2. The molecule has 1 fully saturated rings. The summed E-state index contributed by atoms with van der Waals surface area (Å²) in [7, 11) is 0. The molecule has 1 aliphatic rings. The van der Waals surface area contributed by atoms with E-state index in [1.54, 1.807) is 0 Å². The summed E-state index contributed by atoms with van der Waals surface area (Å²) in [6.07, 6.45) is 51.3. The zero-order valence-corrected chi connectivity index (χ0v) is 42.9. The van der Waals surface area contributed by atoms with E-state index in [2.05, 4.69) is 62.5 Å². The van der Waals surface area contributed by atoms with Crippen molar-refractivity contribution in [3.63, 3.8) is 0 Å². The van der Waals surface area contributed by atoms with Crippen LogP contribution in [-0.2, 0) is 28.5 Å². The molecule has 0 saturated carbocycles. The van der Waals surface area contributed by atoms with Gasteiger partial charge in [0.25, 0.3) is 0 Å². The van der Waals surface area contributed by atoms with Crippen molar-refractivity contribution in [2.75, 3.05) is 19.8 Å². The minimum Gasteiger partial charge on any atom is -0.462 e. The SMILES string of the molecule is CCCCC/C=C/C/C=C/CCCCCCCCCCCC(=O)OC[C@H](CO[C@@H]1O[C@H](CO)[C@H](O)C(O)C1O)OC(=O)CCC/C=C/CC/C=C/CCCCCCCCCCCCCCCC. The van der Waals surface area contributed by atoms with Gasteiger partial charge in [0.05, 0.1) is 13.2 Å². The number of esters is 2. The largest absolute Gasteiger partial charge is 0.462 e. The summed E-state index contributed by atoms with van der Waals surface area (Å²) in [6, 6.07) is 0. The Morgan fingerprint density at radius 3 is 1.37 bits per heavy atom. The van der Waals surface area contributed by atoms with Crippen molar-refractivity contribution >= 4 is 11.9 Å². The normalized spacial score (nSPS) is 19.4. The fourth-order valence-electron chi connectivity index (χ4n) is 8.30. The molecule has 1 aliphatic heterocycles. The Bertz CT molecular complexity index is 1230. The number of carbonyl (C=O) groups excluding carboxylic acids is 2. The predicted octanol–water partition coefficient (Wildman–Crippen LogP) is 13.6. The molecule has 0 spiro atoms. The number of hydrogen-bond donors (Lipinski definition) is 4. The van der Waals surface area contributed by atoms with Crippen LogP contribution in [0.1, 0.15) is 245 Å². The lowest BCUT2D eigenvalue weighted by Crippen LogP contribution is -2.59. The highest BCUT2D eigenvalue weighted by Crippen LogP contribution is 2.23. The second kappa shape index (κ2) is 47.3. The van der Waals surface area contributed by atoms with Gasteiger partial charge in [-0.1, -0.05) is 204 Å². The molecule has 10 heteroatoms. The molecule has 6 atom stereocenters. The summed E-state index contributed by atoms with van der Waals surface area (Å²) in [5, 5.41) is 40.3. The molecule has 0 aromatic rings. The third-order valence-electron chi connectivity index (χ3n) is 12.7. The van der Waals surface area contributed by atoms with Crippen molar-refractivity contribution < 1.29 is 49.0 Å². The van der Waals surface area contributed by atoms with Crippen molar-refractivity contribution in [1.82, 2.24) is 0 Å². The molecule has 0 aromatic carbocycles. The smallest absolute Gasteiger partial charge is 0.306 e. The number of hydrogen-bond acceptors (Lipinski definition) is 10. The Labute approximate surface area is 409 Å². The summed E-state index contributed by atoms with van der Waals surface area (Å²) in [5.74, 6) is -0.854. The van der Waals surface area contributed by atoms with Crippen LogP contribution in [0.3, 0.4) is 0 Å². The molecule has 1 saturated heterocycles. The van der Waals surface area contributed by atoms with Gasteiger partial charge in [0.2, 0.25) is 0 Å². The number of aliphatic hydroxyl groups excluding tert-OH is 4. The monoisotopic (exact) mass is 947 g/mol. The Balaban J connectivity index is 2.25. The summed E-state index contributed by atoms with van der Waals surface area (Å²) in [5.41, 5.74) is 0. The first kappa shape index (κ1) is 62.7. The number of aliphatic hydroxyl groups is 4. The molecule has 0 aromatic heterocycles. The van der Waals surface area contributed by atoms with Gasteiger partial charge in [0, 0.05) is 12.8 Å². The minimum absolute atomic E-state index is 0.169. The molecule has 67 heavy (non-hydrogen) atoms. The van der Waals surface area contributed by atoms with Crippen LogP contribution in [-0.4, -0.2) is 89.0 Å². The lowest BCUT2D eigenvalue weighted by molar-refractivity contribution is -0.305. The second-order valence-electron chi connectivity index (χ2n) is 19.0. The van der Waals surface area contributed by atoms with Crippen LogP contribution >= 0.6 is 0 Å². The Morgan fingerprint density at radius 2 is 0.866 bits per heavy atom. The summed E-state index contributed by atoms with van der Waals surface area (Å²) >= 11 is 0. The van der Waals surface area contributed by atoms with Crippen LogP contribution < -0.4 is 0 Å². The molecule has 10 nitrogen and oxygen atoms in total.